The third kappa shape index (κ3) is 3.35. The summed E-state index contributed by atoms with van der Waals surface area (Å²) >= 11 is 0. The zero-order valence-corrected chi connectivity index (χ0v) is 11.6. The molecule has 0 aliphatic carbocycles. The van der Waals surface area contributed by atoms with Gasteiger partial charge in [-0.25, -0.2) is 9.78 Å². The van der Waals surface area contributed by atoms with Gasteiger partial charge in [0.05, 0.1) is 12.8 Å². The highest BCUT2D eigenvalue weighted by atomic mass is 16.5. The first-order valence-electron chi connectivity index (χ1n) is 5.87. The lowest BCUT2D eigenvalue weighted by Crippen LogP contribution is -2.31. The van der Waals surface area contributed by atoms with Gasteiger partial charge in [0.1, 0.15) is 5.82 Å². The summed E-state index contributed by atoms with van der Waals surface area (Å²) in [6.07, 6.45) is 0. The molecule has 5 nitrogen and oxygen atoms in total. The molecular formula is C13H21N3O2. The van der Waals surface area contributed by atoms with Crippen LogP contribution in [0.5, 0.6) is 0 Å². The first-order valence-corrected chi connectivity index (χ1v) is 5.87. The van der Waals surface area contributed by atoms with Crippen LogP contribution in [0.25, 0.3) is 0 Å². The lowest BCUT2D eigenvalue weighted by atomic mass is 9.88. The standard InChI is InChI=1S/C13H21N3O2/c1-8(13(2,3)4)15-11-9(14)6-7-10(16-11)12(17)18-5/h6-8H,14H2,1-5H3,(H,15,16). The molecule has 1 unspecified atom stereocenters. The topological polar surface area (TPSA) is 77.2 Å². The van der Waals surface area contributed by atoms with Crippen LogP contribution in [0.1, 0.15) is 38.2 Å². The fraction of sp³-hybridized carbons (Fsp3) is 0.538. The van der Waals surface area contributed by atoms with E-state index in [9.17, 15) is 4.79 Å². The maximum absolute atomic E-state index is 11.4. The number of anilines is 2. The van der Waals surface area contributed by atoms with E-state index in [1.807, 2.05) is 6.92 Å². The number of methoxy groups -OCH3 is 1. The molecule has 3 N–H and O–H groups in total. The van der Waals surface area contributed by atoms with Gasteiger partial charge in [-0.2, -0.15) is 0 Å². The molecule has 0 radical (unpaired) electrons. The molecule has 0 saturated heterocycles. The van der Waals surface area contributed by atoms with Crippen LogP contribution in [0.4, 0.5) is 11.5 Å². The van der Waals surface area contributed by atoms with Crippen LogP contribution in [0, 0.1) is 5.41 Å². The number of ether oxygens (including phenoxy) is 1. The van der Waals surface area contributed by atoms with Crippen molar-refractivity contribution in [3.63, 3.8) is 0 Å². The Hall–Kier alpha value is -1.78. The van der Waals surface area contributed by atoms with Crippen molar-refractivity contribution in [2.45, 2.75) is 33.7 Å². The van der Waals surface area contributed by atoms with Crippen LogP contribution in [0.15, 0.2) is 12.1 Å². The van der Waals surface area contributed by atoms with Gasteiger partial charge in [-0.3, -0.25) is 0 Å². The number of carbonyl (C=O) groups is 1. The summed E-state index contributed by atoms with van der Waals surface area (Å²) in [6, 6.07) is 3.37. The van der Waals surface area contributed by atoms with Crippen molar-refractivity contribution >= 4 is 17.5 Å². The van der Waals surface area contributed by atoms with Crippen LogP contribution in [-0.4, -0.2) is 24.1 Å². The number of nitrogens with zero attached hydrogens (tertiary/aromatic N) is 1. The monoisotopic (exact) mass is 251 g/mol. The van der Waals surface area contributed by atoms with Crippen molar-refractivity contribution in [3.8, 4) is 0 Å². The quantitative estimate of drug-likeness (QED) is 0.806. The number of nitrogen functional groups attached to an aromatic ring is 1. The normalized spacial score (nSPS) is 12.9. The lowest BCUT2D eigenvalue weighted by molar-refractivity contribution is 0.0594. The average Bonchev–Trinajstić information content (AvgIpc) is 2.29. The third-order valence-corrected chi connectivity index (χ3v) is 2.97. The van der Waals surface area contributed by atoms with E-state index in [-0.39, 0.29) is 17.2 Å². The van der Waals surface area contributed by atoms with E-state index in [4.69, 9.17) is 5.73 Å². The van der Waals surface area contributed by atoms with Gasteiger partial charge in [0.25, 0.3) is 0 Å². The highest BCUT2D eigenvalue weighted by Gasteiger charge is 2.21. The van der Waals surface area contributed by atoms with E-state index in [0.29, 0.717) is 11.5 Å². The molecule has 0 aromatic carbocycles. The second kappa shape index (κ2) is 5.25. The molecule has 5 heteroatoms. The predicted molar refractivity (Wildman–Crippen MR) is 72.5 cm³/mol. The first kappa shape index (κ1) is 14.3. The lowest BCUT2D eigenvalue weighted by Gasteiger charge is -2.29. The minimum atomic E-state index is -0.471. The molecule has 1 heterocycles. The molecule has 1 aromatic heterocycles. The number of esters is 1. The number of hydrogen-bond acceptors (Lipinski definition) is 5. The summed E-state index contributed by atoms with van der Waals surface area (Å²) in [4.78, 5) is 15.6. The summed E-state index contributed by atoms with van der Waals surface area (Å²) in [7, 11) is 1.32. The summed E-state index contributed by atoms with van der Waals surface area (Å²) < 4.78 is 4.63. The van der Waals surface area contributed by atoms with Gasteiger partial charge in [-0.05, 0) is 24.5 Å². The molecule has 1 aromatic rings. The van der Waals surface area contributed by atoms with Gasteiger partial charge in [0, 0.05) is 6.04 Å². The molecular weight excluding hydrogens is 230 g/mol. The predicted octanol–water partition coefficient (Wildman–Crippen LogP) is 2.30. The Kier molecular flexibility index (Phi) is 4.16. The number of pyridine rings is 1. The molecule has 0 fully saturated rings. The number of hydrogen-bond donors (Lipinski definition) is 2. The molecule has 0 amide bonds. The smallest absolute Gasteiger partial charge is 0.356 e. The van der Waals surface area contributed by atoms with Crippen molar-refractivity contribution in [1.82, 2.24) is 4.98 Å². The van der Waals surface area contributed by atoms with Crippen LogP contribution >= 0.6 is 0 Å². The second-order valence-electron chi connectivity index (χ2n) is 5.36. The van der Waals surface area contributed by atoms with Gasteiger partial charge >= 0.3 is 5.97 Å². The molecule has 1 rings (SSSR count). The second-order valence-corrected chi connectivity index (χ2v) is 5.36. The molecule has 0 aliphatic rings. The third-order valence-electron chi connectivity index (χ3n) is 2.97. The van der Waals surface area contributed by atoms with E-state index < -0.39 is 5.97 Å². The van der Waals surface area contributed by atoms with Crippen LogP contribution in [-0.2, 0) is 4.74 Å². The summed E-state index contributed by atoms with van der Waals surface area (Å²) in [5.74, 6) is 0.0433. The van der Waals surface area contributed by atoms with E-state index in [0.717, 1.165) is 0 Å². The Labute approximate surface area is 108 Å². The van der Waals surface area contributed by atoms with Crippen LogP contribution < -0.4 is 11.1 Å². The van der Waals surface area contributed by atoms with Crippen molar-refractivity contribution in [3.05, 3.63) is 17.8 Å². The zero-order chi connectivity index (χ0) is 13.9. The molecule has 0 aliphatic heterocycles. The van der Waals surface area contributed by atoms with E-state index in [2.05, 4.69) is 35.8 Å². The fourth-order valence-corrected chi connectivity index (χ4v) is 1.23. The highest BCUT2D eigenvalue weighted by molar-refractivity contribution is 5.88. The SMILES string of the molecule is COC(=O)c1ccc(N)c(NC(C)C(C)(C)C)n1. The molecule has 18 heavy (non-hydrogen) atoms. The largest absolute Gasteiger partial charge is 0.464 e. The molecule has 1 atom stereocenters. The van der Waals surface area contributed by atoms with E-state index >= 15 is 0 Å². The van der Waals surface area contributed by atoms with Crippen molar-refractivity contribution in [2.24, 2.45) is 5.41 Å². The highest BCUT2D eigenvalue weighted by Crippen LogP contribution is 2.25. The van der Waals surface area contributed by atoms with Gasteiger partial charge in [0.15, 0.2) is 5.69 Å². The number of nitrogens with one attached hydrogen (secondary N) is 1. The van der Waals surface area contributed by atoms with Crippen molar-refractivity contribution < 1.29 is 9.53 Å². The van der Waals surface area contributed by atoms with Crippen LogP contribution in [0.3, 0.4) is 0 Å². The number of aromatic nitrogens is 1. The minimum Gasteiger partial charge on any atom is -0.464 e. The van der Waals surface area contributed by atoms with Gasteiger partial charge in [-0.15, -0.1) is 0 Å². The van der Waals surface area contributed by atoms with Crippen molar-refractivity contribution in [1.29, 1.82) is 0 Å². The van der Waals surface area contributed by atoms with E-state index in [1.165, 1.54) is 7.11 Å². The molecule has 100 valence electrons. The maximum Gasteiger partial charge on any atom is 0.356 e. The zero-order valence-electron chi connectivity index (χ0n) is 11.6. The Balaban J connectivity index is 2.98. The Bertz CT molecular complexity index is 438. The van der Waals surface area contributed by atoms with Gasteiger partial charge in [-0.1, -0.05) is 20.8 Å². The van der Waals surface area contributed by atoms with Crippen LogP contribution in [0.2, 0.25) is 0 Å². The summed E-state index contributed by atoms with van der Waals surface area (Å²) in [5, 5.41) is 3.23. The van der Waals surface area contributed by atoms with Crippen molar-refractivity contribution in [2.75, 3.05) is 18.2 Å². The van der Waals surface area contributed by atoms with E-state index in [1.54, 1.807) is 12.1 Å². The Morgan fingerprint density at radius 3 is 2.56 bits per heavy atom. The minimum absolute atomic E-state index is 0.0649. The summed E-state index contributed by atoms with van der Waals surface area (Å²) in [5.41, 5.74) is 6.67. The number of carbonyl (C=O) groups excluding carboxylic acids is 1. The average molecular weight is 251 g/mol. The molecule has 0 spiro atoms. The number of nitrogens with two attached hydrogens (primary N) is 1. The van der Waals surface area contributed by atoms with Gasteiger partial charge < -0.3 is 15.8 Å². The molecule has 0 bridgehead atoms. The summed E-state index contributed by atoms with van der Waals surface area (Å²) in [6.45, 7) is 8.40. The Morgan fingerprint density at radius 2 is 2.06 bits per heavy atom. The number of rotatable bonds is 3. The van der Waals surface area contributed by atoms with Gasteiger partial charge in [0.2, 0.25) is 0 Å². The maximum atomic E-state index is 11.4. The Morgan fingerprint density at radius 1 is 1.44 bits per heavy atom. The molecule has 0 saturated carbocycles. The first-order chi connectivity index (χ1) is 8.25. The fourth-order valence-electron chi connectivity index (χ4n) is 1.23.